The molecule has 0 radical (unpaired) electrons. The van der Waals surface area contributed by atoms with Crippen molar-refractivity contribution in [2.45, 2.75) is 180 Å². The predicted octanol–water partition coefficient (Wildman–Crippen LogP) is 15.6. The van der Waals surface area contributed by atoms with Gasteiger partial charge in [-0.1, -0.05) is 180 Å². The quantitative estimate of drug-likeness (QED) is 0.0195. The Morgan fingerprint density at radius 1 is 0.464 bits per heavy atom. The van der Waals surface area contributed by atoms with E-state index in [0.29, 0.717) is 23.9 Å². The molecule has 0 heterocycles. The number of ether oxygens (including phenoxy) is 2. The van der Waals surface area contributed by atoms with Crippen LogP contribution in [0.2, 0.25) is 0 Å². The molecule has 0 aliphatic rings. The zero-order chi connectivity index (χ0) is 50.6. The van der Waals surface area contributed by atoms with Gasteiger partial charge in [0, 0.05) is 12.8 Å². The van der Waals surface area contributed by atoms with Crippen LogP contribution in [0.25, 0.3) is 0 Å². The maximum absolute atomic E-state index is 12.7. The van der Waals surface area contributed by atoms with Crippen molar-refractivity contribution in [3.05, 3.63) is 134 Å². The van der Waals surface area contributed by atoms with E-state index in [0.717, 1.165) is 116 Å². The zero-order valence-electron chi connectivity index (χ0n) is 43.9. The van der Waals surface area contributed by atoms with Crippen molar-refractivity contribution in [3.8, 4) is 0 Å². The van der Waals surface area contributed by atoms with Crippen LogP contribution >= 0.6 is 7.82 Å². The first-order chi connectivity index (χ1) is 33.5. The molecule has 2 unspecified atom stereocenters. The van der Waals surface area contributed by atoms with Crippen molar-refractivity contribution in [3.63, 3.8) is 0 Å². The lowest BCUT2D eigenvalue weighted by Gasteiger charge is -2.28. The number of quaternary nitrogens is 1. The van der Waals surface area contributed by atoms with Crippen LogP contribution in [0.3, 0.4) is 0 Å². The number of phosphoric ester groups is 1. The minimum absolute atomic E-state index is 0.0483. The Labute approximate surface area is 421 Å². The number of esters is 2. The van der Waals surface area contributed by atoms with Gasteiger partial charge < -0.3 is 27.9 Å². The van der Waals surface area contributed by atoms with E-state index in [1.165, 1.54) is 19.3 Å². The number of hydrogen-bond acceptors (Lipinski definition) is 8. The predicted molar refractivity (Wildman–Crippen MR) is 291 cm³/mol. The molecule has 0 aliphatic heterocycles. The van der Waals surface area contributed by atoms with E-state index in [1.807, 2.05) is 21.1 Å². The third-order valence-corrected chi connectivity index (χ3v) is 11.4. The molecule has 0 aliphatic carbocycles. The fourth-order valence-electron chi connectivity index (χ4n) is 6.32. The molecule has 0 aromatic carbocycles. The van der Waals surface area contributed by atoms with Gasteiger partial charge in [0.25, 0.3) is 7.82 Å². The first-order valence-corrected chi connectivity index (χ1v) is 27.9. The van der Waals surface area contributed by atoms with Gasteiger partial charge in [-0.2, -0.15) is 0 Å². The Hall–Kier alpha value is -3.85. The third kappa shape index (κ3) is 53.4. The number of carbonyl (C=O) groups is 2. The van der Waals surface area contributed by atoms with E-state index in [9.17, 15) is 19.0 Å². The fourth-order valence-corrected chi connectivity index (χ4v) is 7.05. The molecule has 0 fully saturated rings. The van der Waals surface area contributed by atoms with Crippen molar-refractivity contribution in [2.75, 3.05) is 47.5 Å². The van der Waals surface area contributed by atoms with Crippen LogP contribution in [0.4, 0.5) is 0 Å². The van der Waals surface area contributed by atoms with Crippen molar-refractivity contribution in [2.24, 2.45) is 0 Å². The molecule has 69 heavy (non-hydrogen) atoms. The van der Waals surface area contributed by atoms with Gasteiger partial charge in [0.05, 0.1) is 27.7 Å². The summed E-state index contributed by atoms with van der Waals surface area (Å²) < 4.78 is 33.9. The van der Waals surface area contributed by atoms with Crippen molar-refractivity contribution < 1.29 is 42.1 Å². The van der Waals surface area contributed by atoms with Crippen molar-refractivity contribution >= 4 is 19.8 Å². The normalized spacial score (nSPS) is 14.5. The molecule has 9 nitrogen and oxygen atoms in total. The standard InChI is InChI=1S/C59H96NO8P/c1-6-8-10-12-14-16-18-20-21-22-23-24-25-26-27-28-29-30-31-32-33-34-35-36-37-38-39-40-42-44-46-48-50-52-59(62)68-57(56-67-69(63,64)66-54-53-60(3,4)5)55-65-58(61)51-49-47-45-43-41-19-17-15-13-11-9-7-2/h8,10,14-17,20-21,23-24,26-27,29-30,32-33,35-36,38-39,42,44,57H,6-7,9,11-13,18-19,22,25,28,31,34,37,40-41,43,45-56H2,1-5H3/b10-8-,16-14-,17-15-,21-20-,24-23-,27-26-,30-29-,33-32-,36-35-,39-38-,44-42-. The number of unbranched alkanes of at least 4 members (excludes halogenated alkanes) is 10. The molecule has 0 N–H and O–H groups in total. The highest BCUT2D eigenvalue weighted by atomic mass is 31.2. The second kappa shape index (κ2) is 49.1. The second-order valence-corrected chi connectivity index (χ2v) is 19.6. The van der Waals surface area contributed by atoms with Crippen molar-refractivity contribution in [1.29, 1.82) is 0 Å². The lowest BCUT2D eigenvalue weighted by atomic mass is 10.1. The van der Waals surface area contributed by atoms with Gasteiger partial charge in [0.15, 0.2) is 6.10 Å². The highest BCUT2D eigenvalue weighted by molar-refractivity contribution is 7.45. The Kier molecular flexibility index (Phi) is 46.4. The summed E-state index contributed by atoms with van der Waals surface area (Å²) in [7, 11) is 1.11. The topological polar surface area (TPSA) is 111 Å². The molecule has 10 heteroatoms. The minimum Gasteiger partial charge on any atom is -0.756 e. The first-order valence-electron chi connectivity index (χ1n) is 26.4. The molecule has 0 amide bonds. The summed E-state index contributed by atoms with van der Waals surface area (Å²) in [6, 6.07) is 0. The molecule has 0 bridgehead atoms. The van der Waals surface area contributed by atoms with Gasteiger partial charge in [-0.25, -0.2) is 0 Å². The number of carbonyl (C=O) groups excluding carboxylic acids is 2. The molecule has 0 rings (SSSR count). The molecule has 0 aromatic rings. The summed E-state index contributed by atoms with van der Waals surface area (Å²) in [4.78, 5) is 37.6. The molecular weight excluding hydrogens is 882 g/mol. The number of nitrogens with zero attached hydrogens (tertiary/aromatic N) is 1. The lowest BCUT2D eigenvalue weighted by Crippen LogP contribution is -2.37. The van der Waals surface area contributed by atoms with Crippen LogP contribution in [-0.4, -0.2) is 70.0 Å². The molecule has 0 spiro atoms. The smallest absolute Gasteiger partial charge is 0.306 e. The van der Waals surface area contributed by atoms with E-state index in [2.05, 4.69) is 148 Å². The summed E-state index contributed by atoms with van der Waals surface area (Å²) in [6.07, 6.45) is 70.7. The molecular formula is C59H96NO8P. The van der Waals surface area contributed by atoms with Gasteiger partial charge in [-0.3, -0.25) is 14.2 Å². The Balaban J connectivity index is 4.31. The van der Waals surface area contributed by atoms with E-state index in [1.54, 1.807) is 0 Å². The van der Waals surface area contributed by atoms with E-state index < -0.39 is 32.5 Å². The van der Waals surface area contributed by atoms with Gasteiger partial charge >= 0.3 is 11.9 Å². The maximum atomic E-state index is 12.7. The number of phosphoric acid groups is 1. The lowest BCUT2D eigenvalue weighted by molar-refractivity contribution is -0.870. The maximum Gasteiger partial charge on any atom is 0.306 e. The Morgan fingerprint density at radius 3 is 1.28 bits per heavy atom. The third-order valence-electron chi connectivity index (χ3n) is 10.4. The number of hydrogen-bond donors (Lipinski definition) is 0. The average Bonchev–Trinajstić information content (AvgIpc) is 3.31. The van der Waals surface area contributed by atoms with E-state index >= 15 is 0 Å². The Bertz CT molecular complexity index is 1620. The zero-order valence-corrected chi connectivity index (χ0v) is 44.8. The van der Waals surface area contributed by atoms with Gasteiger partial charge in [-0.15, -0.1) is 0 Å². The summed E-state index contributed by atoms with van der Waals surface area (Å²) in [5, 5.41) is 0. The Morgan fingerprint density at radius 2 is 0.826 bits per heavy atom. The largest absolute Gasteiger partial charge is 0.756 e. The van der Waals surface area contributed by atoms with Crippen LogP contribution in [0.15, 0.2) is 134 Å². The monoisotopic (exact) mass is 978 g/mol. The van der Waals surface area contributed by atoms with Crippen molar-refractivity contribution in [1.82, 2.24) is 0 Å². The highest BCUT2D eigenvalue weighted by Crippen LogP contribution is 2.38. The SMILES string of the molecule is CC/C=C\C/C=C\C/C=C\C/C=C\C/C=C\C/C=C\C/C=C\C/C=C\C/C=C\C/C=C\CCCCC(=O)OC(COC(=O)CCCCCCC/C=C\CCCCC)COP(=O)([O-])OCC[N+](C)(C)C. The molecule has 390 valence electrons. The van der Waals surface area contributed by atoms with Crippen LogP contribution < -0.4 is 4.89 Å². The van der Waals surface area contributed by atoms with E-state index in [-0.39, 0.29) is 26.1 Å². The number of rotatable bonds is 46. The number of likely N-dealkylation sites (N-methyl/N-ethyl adjacent to an activating group) is 1. The molecule has 0 saturated carbocycles. The second-order valence-electron chi connectivity index (χ2n) is 18.1. The van der Waals surface area contributed by atoms with Gasteiger partial charge in [0.1, 0.15) is 19.8 Å². The summed E-state index contributed by atoms with van der Waals surface area (Å²) >= 11 is 0. The summed E-state index contributed by atoms with van der Waals surface area (Å²) in [6.45, 7) is 4.00. The molecule has 0 saturated heterocycles. The van der Waals surface area contributed by atoms with Crippen LogP contribution in [0, 0.1) is 0 Å². The minimum atomic E-state index is -4.65. The fraction of sp³-hybridized carbons (Fsp3) is 0.593. The van der Waals surface area contributed by atoms with Crippen LogP contribution in [0.1, 0.15) is 174 Å². The molecule has 0 aromatic heterocycles. The van der Waals surface area contributed by atoms with Gasteiger partial charge in [-0.05, 0) is 116 Å². The summed E-state index contributed by atoms with van der Waals surface area (Å²) in [5.41, 5.74) is 0. The number of allylic oxidation sites excluding steroid dienone is 22. The van der Waals surface area contributed by atoms with Gasteiger partial charge in [0.2, 0.25) is 0 Å². The molecule has 2 atom stereocenters. The van der Waals surface area contributed by atoms with Crippen LogP contribution in [-0.2, 0) is 32.7 Å². The highest BCUT2D eigenvalue weighted by Gasteiger charge is 2.21. The average molecular weight is 978 g/mol. The van der Waals surface area contributed by atoms with Crippen LogP contribution in [0.5, 0.6) is 0 Å². The van der Waals surface area contributed by atoms with E-state index in [4.69, 9.17) is 18.5 Å². The first kappa shape index (κ1) is 65.1. The summed E-state index contributed by atoms with van der Waals surface area (Å²) in [5.74, 6) is -0.910.